The second-order valence-electron chi connectivity index (χ2n) is 5.25. The predicted octanol–water partition coefficient (Wildman–Crippen LogP) is 2.84. The zero-order valence-corrected chi connectivity index (χ0v) is 11.8. The summed E-state index contributed by atoms with van der Waals surface area (Å²) >= 11 is 5.01. The minimum Gasteiger partial charge on any atom is -0.389 e. The molecule has 0 bridgehead atoms. The van der Waals surface area contributed by atoms with Crippen molar-refractivity contribution in [2.75, 3.05) is 0 Å². The van der Waals surface area contributed by atoms with Crippen LogP contribution in [-0.2, 0) is 11.3 Å². The molecule has 2 atom stereocenters. The molecule has 1 aromatic heterocycles. The van der Waals surface area contributed by atoms with Crippen LogP contribution in [0.4, 0.5) is 0 Å². The van der Waals surface area contributed by atoms with Crippen LogP contribution in [0.5, 0.6) is 0 Å². The van der Waals surface area contributed by atoms with Crippen LogP contribution in [0, 0.1) is 0 Å². The van der Waals surface area contributed by atoms with Gasteiger partial charge in [0.25, 0.3) is 0 Å². The third-order valence-electron chi connectivity index (χ3n) is 3.78. The molecule has 2 N–H and O–H groups in total. The molecular formula is C15H18N2OS. The van der Waals surface area contributed by atoms with Crippen LogP contribution in [0.3, 0.4) is 0 Å². The lowest BCUT2D eigenvalue weighted by atomic mass is 10.1. The lowest BCUT2D eigenvalue weighted by Gasteiger charge is -2.13. The van der Waals surface area contributed by atoms with Gasteiger partial charge in [-0.2, -0.15) is 0 Å². The van der Waals surface area contributed by atoms with E-state index in [1.807, 2.05) is 12.1 Å². The maximum absolute atomic E-state index is 5.88. The van der Waals surface area contributed by atoms with Gasteiger partial charge in [-0.15, -0.1) is 0 Å². The van der Waals surface area contributed by atoms with Crippen LogP contribution in [0.1, 0.15) is 25.3 Å². The van der Waals surface area contributed by atoms with Crippen molar-refractivity contribution >= 4 is 28.1 Å². The highest BCUT2D eigenvalue weighted by Crippen LogP contribution is 2.23. The summed E-state index contributed by atoms with van der Waals surface area (Å²) in [7, 11) is 0. The van der Waals surface area contributed by atoms with Gasteiger partial charge in [0.1, 0.15) is 4.99 Å². The van der Waals surface area contributed by atoms with E-state index in [2.05, 4.69) is 29.8 Å². The summed E-state index contributed by atoms with van der Waals surface area (Å²) in [5.74, 6) is 0. The Morgan fingerprint density at radius 3 is 2.95 bits per heavy atom. The second-order valence-corrected chi connectivity index (χ2v) is 5.69. The first kappa shape index (κ1) is 12.6. The molecule has 4 heteroatoms. The Morgan fingerprint density at radius 2 is 2.26 bits per heavy atom. The summed E-state index contributed by atoms with van der Waals surface area (Å²) in [6, 6.07) is 8.23. The zero-order chi connectivity index (χ0) is 13.4. The van der Waals surface area contributed by atoms with Crippen molar-refractivity contribution in [3.05, 3.63) is 36.0 Å². The third-order valence-corrected chi connectivity index (χ3v) is 4.01. The molecule has 0 amide bonds. The Kier molecular flexibility index (Phi) is 3.29. The molecule has 2 unspecified atom stereocenters. The molecule has 1 aromatic carbocycles. The Hall–Kier alpha value is -1.39. The second kappa shape index (κ2) is 4.94. The number of hydrogen-bond donors (Lipinski definition) is 1. The molecule has 100 valence electrons. The van der Waals surface area contributed by atoms with Crippen molar-refractivity contribution < 1.29 is 4.74 Å². The molecule has 1 aliphatic rings. The van der Waals surface area contributed by atoms with Crippen molar-refractivity contribution in [1.82, 2.24) is 4.57 Å². The van der Waals surface area contributed by atoms with Crippen molar-refractivity contribution in [1.29, 1.82) is 0 Å². The maximum Gasteiger partial charge on any atom is 0.104 e. The molecule has 1 saturated heterocycles. The van der Waals surface area contributed by atoms with Crippen LogP contribution in [-0.4, -0.2) is 21.8 Å². The highest BCUT2D eigenvalue weighted by atomic mass is 32.1. The number of nitrogens with zero attached hydrogens (tertiary/aromatic N) is 1. The fraction of sp³-hybridized carbons (Fsp3) is 0.400. The fourth-order valence-electron chi connectivity index (χ4n) is 2.75. The Labute approximate surface area is 118 Å². The molecule has 0 aliphatic carbocycles. The van der Waals surface area contributed by atoms with Gasteiger partial charge in [0.2, 0.25) is 0 Å². The number of aromatic nitrogens is 1. The molecule has 2 aromatic rings. The van der Waals surface area contributed by atoms with Crippen LogP contribution in [0.25, 0.3) is 10.9 Å². The molecular weight excluding hydrogens is 256 g/mol. The minimum absolute atomic E-state index is 0.334. The van der Waals surface area contributed by atoms with Gasteiger partial charge < -0.3 is 15.0 Å². The van der Waals surface area contributed by atoms with E-state index in [9.17, 15) is 0 Å². The number of nitrogens with two attached hydrogens (primary N) is 1. The van der Waals surface area contributed by atoms with Crippen LogP contribution < -0.4 is 5.73 Å². The minimum atomic E-state index is 0.334. The molecule has 19 heavy (non-hydrogen) atoms. The number of benzene rings is 1. The van der Waals surface area contributed by atoms with E-state index in [1.165, 1.54) is 10.9 Å². The average Bonchev–Trinajstić information content (AvgIpc) is 2.96. The topological polar surface area (TPSA) is 40.2 Å². The molecule has 0 spiro atoms. The summed E-state index contributed by atoms with van der Waals surface area (Å²) in [6.07, 6.45) is 5.15. The van der Waals surface area contributed by atoms with E-state index in [0.717, 1.165) is 24.9 Å². The molecule has 3 nitrogen and oxygen atoms in total. The third kappa shape index (κ3) is 2.51. The summed E-state index contributed by atoms with van der Waals surface area (Å²) in [5, 5.41) is 1.18. The normalized spacial score (nSPS) is 23.0. The molecule has 1 fully saturated rings. The fourth-order valence-corrected chi connectivity index (χ4v) is 2.88. The lowest BCUT2D eigenvalue weighted by Crippen LogP contribution is -2.15. The van der Waals surface area contributed by atoms with Gasteiger partial charge in [-0.1, -0.05) is 12.2 Å². The van der Waals surface area contributed by atoms with Gasteiger partial charge in [-0.25, -0.2) is 0 Å². The number of thiocarbonyl (C=S) groups is 1. The Bertz CT molecular complexity index is 620. The van der Waals surface area contributed by atoms with E-state index in [1.54, 1.807) is 0 Å². The molecule has 2 heterocycles. The van der Waals surface area contributed by atoms with E-state index in [4.69, 9.17) is 22.7 Å². The zero-order valence-electron chi connectivity index (χ0n) is 11.0. The summed E-state index contributed by atoms with van der Waals surface area (Å²) in [4.78, 5) is 0.447. The van der Waals surface area contributed by atoms with E-state index in [-0.39, 0.29) is 0 Å². The lowest BCUT2D eigenvalue weighted by molar-refractivity contribution is 0.0465. The quantitative estimate of drug-likeness (QED) is 0.875. The molecule has 1 aliphatic heterocycles. The number of fused-ring (bicyclic) bond motifs is 1. The summed E-state index contributed by atoms with van der Waals surface area (Å²) in [5.41, 5.74) is 7.80. The molecule has 0 saturated carbocycles. The highest BCUT2D eigenvalue weighted by molar-refractivity contribution is 7.80. The van der Waals surface area contributed by atoms with Crippen LogP contribution >= 0.6 is 12.2 Å². The standard InChI is InChI=1S/C15H18N2OS/c1-10-2-4-13(18-10)9-17-7-6-11-8-12(15(16)19)3-5-14(11)17/h3,5-8,10,13H,2,4,9H2,1H3,(H2,16,19). The number of hydrogen-bond acceptors (Lipinski definition) is 2. The van der Waals surface area contributed by atoms with Gasteiger partial charge in [0, 0.05) is 29.2 Å². The summed E-state index contributed by atoms with van der Waals surface area (Å²) in [6.45, 7) is 3.06. The summed E-state index contributed by atoms with van der Waals surface area (Å²) < 4.78 is 8.14. The monoisotopic (exact) mass is 274 g/mol. The van der Waals surface area contributed by atoms with Crippen LogP contribution in [0.15, 0.2) is 30.5 Å². The SMILES string of the molecule is CC1CCC(Cn2ccc3cc(C(N)=S)ccc32)O1. The maximum atomic E-state index is 5.88. The smallest absolute Gasteiger partial charge is 0.104 e. The van der Waals surface area contributed by atoms with Crippen molar-refractivity contribution in [3.63, 3.8) is 0 Å². The number of ether oxygens (including phenoxy) is 1. The first-order chi connectivity index (χ1) is 9.13. The first-order valence-electron chi connectivity index (χ1n) is 6.67. The first-order valence-corrected chi connectivity index (χ1v) is 7.08. The highest BCUT2D eigenvalue weighted by Gasteiger charge is 2.22. The van der Waals surface area contributed by atoms with E-state index >= 15 is 0 Å². The Morgan fingerprint density at radius 1 is 1.42 bits per heavy atom. The van der Waals surface area contributed by atoms with Gasteiger partial charge >= 0.3 is 0 Å². The largest absolute Gasteiger partial charge is 0.389 e. The predicted molar refractivity (Wildman–Crippen MR) is 81.4 cm³/mol. The van der Waals surface area contributed by atoms with E-state index < -0.39 is 0 Å². The van der Waals surface area contributed by atoms with Gasteiger partial charge in [-0.3, -0.25) is 0 Å². The van der Waals surface area contributed by atoms with Crippen molar-refractivity contribution in [2.24, 2.45) is 5.73 Å². The van der Waals surface area contributed by atoms with Gasteiger partial charge in [0.05, 0.1) is 12.2 Å². The Balaban J connectivity index is 1.86. The van der Waals surface area contributed by atoms with Crippen molar-refractivity contribution in [2.45, 2.75) is 38.5 Å². The number of rotatable bonds is 3. The van der Waals surface area contributed by atoms with Crippen molar-refractivity contribution in [3.8, 4) is 0 Å². The molecule has 0 radical (unpaired) electrons. The van der Waals surface area contributed by atoms with Gasteiger partial charge in [0.15, 0.2) is 0 Å². The average molecular weight is 274 g/mol. The van der Waals surface area contributed by atoms with Gasteiger partial charge in [-0.05, 0) is 44.0 Å². The molecule has 3 rings (SSSR count). The van der Waals surface area contributed by atoms with Crippen LogP contribution in [0.2, 0.25) is 0 Å². The van der Waals surface area contributed by atoms with E-state index in [0.29, 0.717) is 17.2 Å².